The molecule has 0 saturated carbocycles. The van der Waals surface area contributed by atoms with Crippen molar-refractivity contribution in [1.29, 1.82) is 0 Å². The molecule has 1 saturated heterocycles. The molecule has 0 amide bonds. The molecule has 184 valence electrons. The SMILES string of the molecule is CCOC(=O)CCN(Cc1ccco1)c1ncnc(N2CCN(c3ccccn3)CC2)c1[N+](=O)[O-]. The highest BCUT2D eigenvalue weighted by Crippen LogP contribution is 2.35. The Morgan fingerprint density at radius 1 is 1.14 bits per heavy atom. The molecular weight excluding hydrogens is 454 g/mol. The van der Waals surface area contributed by atoms with Gasteiger partial charge >= 0.3 is 11.7 Å². The van der Waals surface area contributed by atoms with Crippen LogP contribution in [0.15, 0.2) is 53.5 Å². The van der Waals surface area contributed by atoms with E-state index in [9.17, 15) is 14.9 Å². The molecule has 0 radical (unpaired) electrons. The lowest BCUT2D eigenvalue weighted by atomic mass is 10.2. The van der Waals surface area contributed by atoms with Crippen LogP contribution in [0.1, 0.15) is 19.1 Å². The van der Waals surface area contributed by atoms with Crippen LogP contribution in [0.4, 0.5) is 23.1 Å². The third kappa shape index (κ3) is 5.83. The summed E-state index contributed by atoms with van der Waals surface area (Å²) in [6.45, 7) is 4.73. The first-order valence-corrected chi connectivity index (χ1v) is 11.4. The lowest BCUT2D eigenvalue weighted by molar-refractivity contribution is -0.383. The maximum atomic E-state index is 12.3. The van der Waals surface area contributed by atoms with E-state index in [1.54, 1.807) is 30.2 Å². The van der Waals surface area contributed by atoms with E-state index in [1.165, 1.54) is 12.6 Å². The van der Waals surface area contributed by atoms with Crippen LogP contribution in [0.2, 0.25) is 0 Å². The summed E-state index contributed by atoms with van der Waals surface area (Å²) >= 11 is 0. The molecule has 12 heteroatoms. The molecule has 0 spiro atoms. The number of carbonyl (C=O) groups is 1. The van der Waals surface area contributed by atoms with Crippen molar-refractivity contribution in [3.63, 3.8) is 0 Å². The zero-order valence-electron chi connectivity index (χ0n) is 19.4. The Morgan fingerprint density at radius 3 is 2.60 bits per heavy atom. The predicted octanol–water partition coefficient (Wildman–Crippen LogP) is 2.66. The van der Waals surface area contributed by atoms with E-state index in [2.05, 4.69) is 19.9 Å². The third-order valence-electron chi connectivity index (χ3n) is 5.64. The zero-order valence-corrected chi connectivity index (χ0v) is 19.4. The van der Waals surface area contributed by atoms with E-state index in [4.69, 9.17) is 9.15 Å². The molecule has 0 N–H and O–H groups in total. The number of hydrogen-bond donors (Lipinski definition) is 0. The predicted molar refractivity (Wildman–Crippen MR) is 128 cm³/mol. The average Bonchev–Trinajstić information content (AvgIpc) is 3.40. The summed E-state index contributed by atoms with van der Waals surface area (Å²) in [5, 5.41) is 12.3. The number of nitro groups is 1. The van der Waals surface area contributed by atoms with Crippen LogP contribution in [0.25, 0.3) is 0 Å². The van der Waals surface area contributed by atoms with Gasteiger partial charge in [-0.2, -0.15) is 0 Å². The number of esters is 1. The number of anilines is 3. The molecule has 35 heavy (non-hydrogen) atoms. The summed E-state index contributed by atoms with van der Waals surface area (Å²) in [7, 11) is 0. The number of rotatable bonds is 10. The molecule has 12 nitrogen and oxygen atoms in total. The second-order valence-electron chi connectivity index (χ2n) is 7.84. The largest absolute Gasteiger partial charge is 0.467 e. The Balaban J connectivity index is 1.59. The molecule has 3 aromatic rings. The van der Waals surface area contributed by atoms with Crippen LogP contribution in [-0.4, -0.2) is 65.2 Å². The molecule has 0 aliphatic carbocycles. The standard InChI is InChI=1S/C23H27N7O5/c1-2-34-20(31)8-10-29(16-18-6-5-15-35-18)23-21(30(32)33)22(25-17-26-23)28-13-11-27(12-14-28)19-7-3-4-9-24-19/h3-7,9,15,17H,2,8,10-14,16H2,1H3. The number of nitrogens with zero attached hydrogens (tertiary/aromatic N) is 7. The molecule has 0 unspecified atom stereocenters. The van der Waals surface area contributed by atoms with Crippen molar-refractivity contribution in [3.05, 3.63) is 65.0 Å². The van der Waals surface area contributed by atoms with E-state index >= 15 is 0 Å². The molecule has 1 fully saturated rings. The molecule has 0 atom stereocenters. The fourth-order valence-corrected chi connectivity index (χ4v) is 3.98. The van der Waals surface area contributed by atoms with Gasteiger partial charge in [0.1, 0.15) is 17.9 Å². The second-order valence-corrected chi connectivity index (χ2v) is 7.84. The third-order valence-corrected chi connectivity index (χ3v) is 5.64. The lowest BCUT2D eigenvalue weighted by Gasteiger charge is -2.36. The summed E-state index contributed by atoms with van der Waals surface area (Å²) in [5.74, 6) is 1.45. The smallest absolute Gasteiger partial charge is 0.353 e. The molecule has 0 aromatic carbocycles. The highest BCUT2D eigenvalue weighted by Gasteiger charge is 2.32. The topological polar surface area (TPSA) is 131 Å². The Labute approximate surface area is 202 Å². The van der Waals surface area contributed by atoms with Gasteiger partial charge in [0.05, 0.1) is 30.8 Å². The van der Waals surface area contributed by atoms with Crippen LogP contribution < -0.4 is 14.7 Å². The van der Waals surface area contributed by atoms with E-state index < -0.39 is 4.92 Å². The van der Waals surface area contributed by atoms with E-state index in [0.29, 0.717) is 31.9 Å². The van der Waals surface area contributed by atoms with E-state index in [-0.39, 0.29) is 49.4 Å². The molecule has 1 aliphatic rings. The minimum absolute atomic E-state index is 0.0494. The first kappa shape index (κ1) is 23.9. The van der Waals surface area contributed by atoms with Crippen molar-refractivity contribution in [2.24, 2.45) is 0 Å². The quantitative estimate of drug-likeness (QED) is 0.240. The first-order valence-electron chi connectivity index (χ1n) is 11.4. The number of aromatic nitrogens is 3. The number of piperazine rings is 1. The van der Waals surface area contributed by atoms with Crippen LogP contribution in [0.5, 0.6) is 0 Å². The van der Waals surface area contributed by atoms with Crippen LogP contribution >= 0.6 is 0 Å². The number of furan rings is 1. The summed E-state index contributed by atoms with van der Waals surface area (Å²) in [5.41, 5.74) is -0.200. The van der Waals surface area contributed by atoms with Crippen molar-refractivity contribution < 1.29 is 18.9 Å². The van der Waals surface area contributed by atoms with Crippen LogP contribution in [0, 0.1) is 10.1 Å². The normalized spacial score (nSPS) is 13.5. The van der Waals surface area contributed by atoms with E-state index in [0.717, 1.165) is 5.82 Å². The van der Waals surface area contributed by atoms with Gasteiger partial charge in [-0.3, -0.25) is 14.9 Å². The Morgan fingerprint density at radius 2 is 1.94 bits per heavy atom. The van der Waals surface area contributed by atoms with E-state index in [1.807, 2.05) is 23.1 Å². The Hall–Kier alpha value is -4.22. The van der Waals surface area contributed by atoms with Gasteiger partial charge in [-0.25, -0.2) is 15.0 Å². The Bertz CT molecular complexity index is 1120. The maximum Gasteiger partial charge on any atom is 0.353 e. The highest BCUT2D eigenvalue weighted by molar-refractivity contribution is 5.73. The zero-order chi connectivity index (χ0) is 24.6. The minimum atomic E-state index is -0.463. The minimum Gasteiger partial charge on any atom is -0.467 e. The lowest BCUT2D eigenvalue weighted by Crippen LogP contribution is -2.47. The van der Waals surface area contributed by atoms with Crippen molar-refractivity contribution in [3.8, 4) is 0 Å². The van der Waals surface area contributed by atoms with Gasteiger partial charge in [0.2, 0.25) is 11.6 Å². The fourth-order valence-electron chi connectivity index (χ4n) is 3.98. The molecule has 4 heterocycles. The summed E-state index contributed by atoms with van der Waals surface area (Å²) in [4.78, 5) is 42.4. The number of hydrogen-bond acceptors (Lipinski definition) is 11. The number of ether oxygens (including phenoxy) is 1. The van der Waals surface area contributed by atoms with Gasteiger partial charge in [-0.1, -0.05) is 6.07 Å². The van der Waals surface area contributed by atoms with Gasteiger partial charge < -0.3 is 23.9 Å². The van der Waals surface area contributed by atoms with Gasteiger partial charge in [0.15, 0.2) is 0 Å². The fraction of sp³-hybridized carbons (Fsp3) is 0.391. The molecule has 4 rings (SSSR count). The van der Waals surface area contributed by atoms with Gasteiger partial charge in [0.25, 0.3) is 0 Å². The summed E-state index contributed by atoms with van der Waals surface area (Å²) in [6.07, 6.45) is 4.64. The second kappa shape index (κ2) is 11.3. The molecular formula is C23H27N7O5. The van der Waals surface area contributed by atoms with Crippen molar-refractivity contribution >= 4 is 29.1 Å². The van der Waals surface area contributed by atoms with Gasteiger partial charge in [-0.05, 0) is 31.2 Å². The number of pyridine rings is 1. The van der Waals surface area contributed by atoms with Crippen LogP contribution in [-0.2, 0) is 16.1 Å². The molecule has 1 aliphatic heterocycles. The van der Waals surface area contributed by atoms with Crippen LogP contribution in [0.3, 0.4) is 0 Å². The van der Waals surface area contributed by atoms with Gasteiger partial charge in [0, 0.05) is 38.9 Å². The van der Waals surface area contributed by atoms with Gasteiger partial charge in [-0.15, -0.1) is 0 Å². The summed E-state index contributed by atoms with van der Waals surface area (Å²) < 4.78 is 10.5. The van der Waals surface area contributed by atoms with Crippen molar-refractivity contribution in [1.82, 2.24) is 15.0 Å². The highest BCUT2D eigenvalue weighted by atomic mass is 16.6. The van der Waals surface area contributed by atoms with Crippen molar-refractivity contribution in [2.45, 2.75) is 19.9 Å². The average molecular weight is 482 g/mol. The molecule has 0 bridgehead atoms. The molecule has 3 aromatic heterocycles. The Kier molecular flexibility index (Phi) is 7.70. The maximum absolute atomic E-state index is 12.3. The summed E-state index contributed by atoms with van der Waals surface area (Å²) in [6, 6.07) is 9.24. The van der Waals surface area contributed by atoms with Crippen molar-refractivity contribution in [2.75, 3.05) is 54.0 Å². The first-order chi connectivity index (χ1) is 17.1. The number of carbonyl (C=O) groups excluding carboxylic acids is 1. The monoisotopic (exact) mass is 481 g/mol.